The zero-order valence-corrected chi connectivity index (χ0v) is 15.9. The van der Waals surface area contributed by atoms with Crippen molar-refractivity contribution >= 4 is 21.8 Å². The summed E-state index contributed by atoms with van der Waals surface area (Å²) in [6.07, 6.45) is 7.95. The van der Waals surface area contributed by atoms with Crippen LogP contribution >= 0.6 is 0 Å². The molecule has 1 aromatic rings. The zero-order valence-electron chi connectivity index (χ0n) is 15.1. The van der Waals surface area contributed by atoms with Gasteiger partial charge in [0.05, 0.1) is 4.90 Å². The smallest absolute Gasteiger partial charge is 0.263 e. The van der Waals surface area contributed by atoms with Crippen molar-refractivity contribution in [2.24, 2.45) is 4.99 Å². The quantitative estimate of drug-likeness (QED) is 0.774. The maximum absolute atomic E-state index is 12.2. The Morgan fingerprint density at radius 2 is 1.77 bits per heavy atom. The highest BCUT2D eigenvalue weighted by atomic mass is 32.2. The molecule has 0 saturated carbocycles. The molecule has 3 rings (SSSR count). The number of carbonyl (C=O) groups excluding carboxylic acids is 1. The van der Waals surface area contributed by atoms with Gasteiger partial charge in [-0.05, 0) is 37.8 Å². The van der Waals surface area contributed by atoms with Gasteiger partial charge in [-0.1, -0.05) is 31.4 Å². The number of aliphatic imine (C=N–C) groups is 1. The molecule has 6 nitrogen and oxygen atoms in total. The van der Waals surface area contributed by atoms with Crippen LogP contribution in [0.5, 0.6) is 0 Å². The van der Waals surface area contributed by atoms with Gasteiger partial charge in [0.2, 0.25) is 5.91 Å². The minimum Gasteiger partial charge on any atom is -0.343 e. The van der Waals surface area contributed by atoms with E-state index in [4.69, 9.17) is 0 Å². The largest absolute Gasteiger partial charge is 0.343 e. The number of nitrogens with zero attached hydrogens (tertiary/aromatic N) is 2. The molecule has 1 aromatic carbocycles. The third-order valence-corrected chi connectivity index (χ3v) is 6.34. The Hall–Kier alpha value is -1.89. The van der Waals surface area contributed by atoms with Crippen LogP contribution in [-0.4, -0.2) is 44.7 Å². The van der Waals surface area contributed by atoms with Crippen molar-refractivity contribution < 1.29 is 13.2 Å². The number of amides is 1. The van der Waals surface area contributed by atoms with Crippen LogP contribution in [0.1, 0.15) is 56.9 Å². The molecular formula is C19H27N3O3S. The first-order valence-corrected chi connectivity index (χ1v) is 11.0. The van der Waals surface area contributed by atoms with Gasteiger partial charge in [-0.3, -0.25) is 14.5 Å². The number of sulfonamides is 1. The fourth-order valence-electron chi connectivity index (χ4n) is 3.49. The Labute approximate surface area is 155 Å². The third-order valence-electron chi connectivity index (χ3n) is 4.94. The number of hydrogen-bond acceptors (Lipinski definition) is 4. The van der Waals surface area contributed by atoms with Crippen LogP contribution in [0.4, 0.5) is 0 Å². The van der Waals surface area contributed by atoms with Gasteiger partial charge in [-0.2, -0.15) is 0 Å². The third kappa shape index (κ3) is 4.63. The van der Waals surface area contributed by atoms with E-state index in [1.54, 1.807) is 18.2 Å². The monoisotopic (exact) mass is 377 g/mol. The average molecular weight is 378 g/mol. The highest BCUT2D eigenvalue weighted by molar-refractivity contribution is 7.90. The van der Waals surface area contributed by atoms with Crippen molar-refractivity contribution in [2.75, 3.05) is 19.6 Å². The number of amidine groups is 1. The van der Waals surface area contributed by atoms with E-state index in [1.807, 2.05) is 11.0 Å². The summed E-state index contributed by atoms with van der Waals surface area (Å²) in [6, 6.07) is 6.88. The van der Waals surface area contributed by atoms with Gasteiger partial charge in [0.25, 0.3) is 10.0 Å². The minimum atomic E-state index is -3.46. The van der Waals surface area contributed by atoms with Crippen LogP contribution < -0.4 is 4.72 Å². The molecule has 0 unspecified atom stereocenters. The molecule has 0 atom stereocenters. The minimum absolute atomic E-state index is 0.274. The fourth-order valence-corrected chi connectivity index (χ4v) is 4.74. The fraction of sp³-hybridized carbons (Fsp3) is 0.579. The van der Waals surface area contributed by atoms with E-state index in [-0.39, 0.29) is 5.91 Å². The molecule has 142 valence electrons. The number of fused-ring (bicyclic) bond motifs is 1. The van der Waals surface area contributed by atoms with E-state index >= 15 is 0 Å². The lowest BCUT2D eigenvalue weighted by molar-refractivity contribution is -0.131. The van der Waals surface area contributed by atoms with Crippen LogP contribution in [0.25, 0.3) is 0 Å². The summed E-state index contributed by atoms with van der Waals surface area (Å²) < 4.78 is 26.5. The molecule has 1 N–H and O–H groups in total. The Kier molecular flexibility index (Phi) is 6.29. The van der Waals surface area contributed by atoms with Gasteiger partial charge in [0, 0.05) is 31.6 Å². The highest BCUT2D eigenvalue weighted by Gasteiger charge is 2.29. The number of carbonyl (C=O) groups is 1. The Morgan fingerprint density at radius 1 is 1.04 bits per heavy atom. The van der Waals surface area contributed by atoms with Crippen molar-refractivity contribution in [2.45, 2.75) is 56.3 Å². The number of rotatable bonds is 6. The van der Waals surface area contributed by atoms with Crippen molar-refractivity contribution in [3.8, 4) is 0 Å². The second-order valence-electron chi connectivity index (χ2n) is 6.94. The van der Waals surface area contributed by atoms with Crippen LogP contribution in [0.3, 0.4) is 0 Å². The first kappa shape index (κ1) is 18.9. The second kappa shape index (κ2) is 8.66. The van der Waals surface area contributed by atoms with E-state index in [9.17, 15) is 13.2 Å². The van der Waals surface area contributed by atoms with E-state index < -0.39 is 10.0 Å². The summed E-state index contributed by atoms with van der Waals surface area (Å²) >= 11 is 0. The molecular weight excluding hydrogens is 350 g/mol. The van der Waals surface area contributed by atoms with Gasteiger partial charge >= 0.3 is 0 Å². The van der Waals surface area contributed by atoms with Gasteiger partial charge in [-0.15, -0.1) is 0 Å². The number of unbranched alkanes of at least 4 members (excludes halogenated alkanes) is 2. The first-order valence-electron chi connectivity index (χ1n) is 9.52. The summed E-state index contributed by atoms with van der Waals surface area (Å²) in [5, 5.41) is 0. The Morgan fingerprint density at radius 3 is 2.54 bits per heavy atom. The van der Waals surface area contributed by atoms with Gasteiger partial charge in [-0.25, -0.2) is 8.42 Å². The Bertz CT molecular complexity index is 766. The second-order valence-corrected chi connectivity index (χ2v) is 8.59. The van der Waals surface area contributed by atoms with Gasteiger partial charge in [0.15, 0.2) is 0 Å². The summed E-state index contributed by atoms with van der Waals surface area (Å²) in [5.74, 6) is 0.705. The lowest BCUT2D eigenvalue weighted by atomic mass is 10.1. The molecule has 0 aliphatic carbocycles. The number of nitrogens with one attached hydrogen (secondary N) is 1. The zero-order chi connectivity index (χ0) is 18.4. The molecule has 26 heavy (non-hydrogen) atoms. The number of likely N-dealkylation sites (tertiary alicyclic amines) is 1. The molecule has 2 aliphatic heterocycles. The highest BCUT2D eigenvalue weighted by Crippen LogP contribution is 2.22. The Balaban J connectivity index is 1.41. The molecule has 1 saturated heterocycles. The molecule has 2 heterocycles. The van der Waals surface area contributed by atoms with Crippen LogP contribution in [0.15, 0.2) is 34.2 Å². The first-order chi connectivity index (χ1) is 12.6. The molecule has 1 amide bonds. The molecule has 0 radical (unpaired) electrons. The van der Waals surface area contributed by atoms with E-state index in [0.29, 0.717) is 29.3 Å². The van der Waals surface area contributed by atoms with E-state index in [1.165, 1.54) is 12.8 Å². The molecule has 0 aromatic heterocycles. The summed E-state index contributed by atoms with van der Waals surface area (Å²) in [4.78, 5) is 18.9. The lowest BCUT2D eigenvalue weighted by Gasteiger charge is -2.20. The van der Waals surface area contributed by atoms with Crippen molar-refractivity contribution in [3.05, 3.63) is 29.8 Å². The molecule has 0 spiro atoms. The number of hydrogen-bond donors (Lipinski definition) is 1. The molecule has 2 aliphatic rings. The predicted octanol–water partition coefficient (Wildman–Crippen LogP) is 2.69. The molecule has 7 heteroatoms. The van der Waals surface area contributed by atoms with Crippen LogP contribution in [-0.2, 0) is 14.8 Å². The van der Waals surface area contributed by atoms with Crippen molar-refractivity contribution in [3.63, 3.8) is 0 Å². The maximum atomic E-state index is 12.2. The van der Waals surface area contributed by atoms with Crippen molar-refractivity contribution in [1.29, 1.82) is 0 Å². The normalized spacial score (nSPS) is 20.5. The standard InChI is InChI=1S/C19H27N3O3S/c23-18(22-14-8-1-2-9-15-22)12-4-3-7-13-20-19-16-10-5-6-11-17(16)26(24,25)21-19/h5-6,10-11H,1-4,7-9,12-15H2,(H,20,21). The van der Waals surface area contributed by atoms with Gasteiger partial charge < -0.3 is 4.90 Å². The summed E-state index contributed by atoms with van der Waals surface area (Å²) in [5.41, 5.74) is 0.642. The SMILES string of the molecule is O=C(CCCCCN=C1NS(=O)(=O)c2ccccc21)N1CCCCCC1. The average Bonchev–Trinajstić information content (AvgIpc) is 2.82. The van der Waals surface area contributed by atoms with Crippen LogP contribution in [0, 0.1) is 0 Å². The van der Waals surface area contributed by atoms with Crippen molar-refractivity contribution in [1.82, 2.24) is 9.62 Å². The maximum Gasteiger partial charge on any atom is 0.263 e. The molecule has 0 bridgehead atoms. The van der Waals surface area contributed by atoms with Gasteiger partial charge in [0.1, 0.15) is 5.84 Å². The summed E-state index contributed by atoms with van der Waals surface area (Å²) in [6.45, 7) is 2.38. The topological polar surface area (TPSA) is 78.8 Å². The van der Waals surface area contributed by atoms with E-state index in [0.717, 1.165) is 45.2 Å². The van der Waals surface area contributed by atoms with E-state index in [2.05, 4.69) is 9.71 Å². The lowest BCUT2D eigenvalue weighted by Crippen LogP contribution is -2.31. The molecule has 1 fully saturated rings. The number of benzene rings is 1. The predicted molar refractivity (Wildman–Crippen MR) is 102 cm³/mol. The summed E-state index contributed by atoms with van der Waals surface area (Å²) in [7, 11) is -3.46. The van der Waals surface area contributed by atoms with Crippen LogP contribution in [0.2, 0.25) is 0 Å².